The minimum Gasteiger partial charge on any atom is -0.317 e. The zero-order valence-electron chi connectivity index (χ0n) is 11.6. The van der Waals surface area contributed by atoms with Gasteiger partial charge in [-0.25, -0.2) is 0 Å². The quantitative estimate of drug-likeness (QED) is 0.850. The van der Waals surface area contributed by atoms with Crippen LogP contribution in [-0.4, -0.2) is 17.7 Å². The molecule has 100 valence electrons. The molecule has 3 heteroatoms. The molecule has 0 radical (unpaired) electrons. The summed E-state index contributed by atoms with van der Waals surface area (Å²) in [5.74, 6) is 0. The number of benzene rings is 1. The summed E-state index contributed by atoms with van der Waals surface area (Å²) in [5, 5.41) is 4.57. The zero-order chi connectivity index (χ0) is 13.4. The van der Waals surface area contributed by atoms with Gasteiger partial charge in [0.2, 0.25) is 0 Å². The van der Waals surface area contributed by atoms with Crippen LogP contribution in [0.3, 0.4) is 0 Å². The van der Waals surface area contributed by atoms with Gasteiger partial charge in [0.1, 0.15) is 0 Å². The van der Waals surface area contributed by atoms with E-state index < -0.39 is 0 Å². The monoisotopic (exact) mass is 256 g/mol. The lowest BCUT2D eigenvalue weighted by Gasteiger charge is -2.27. The van der Waals surface area contributed by atoms with Crippen molar-refractivity contribution in [3.63, 3.8) is 0 Å². The first kappa shape index (κ1) is 12.4. The molecule has 1 aromatic carbocycles. The van der Waals surface area contributed by atoms with Crippen LogP contribution in [0.1, 0.15) is 30.0 Å². The fraction of sp³-hybridized carbons (Fsp3) is 0.438. The second-order valence-corrected chi connectivity index (χ2v) is 5.49. The molecule has 19 heavy (non-hydrogen) atoms. The van der Waals surface area contributed by atoms with Crippen LogP contribution in [-0.2, 0) is 0 Å². The van der Waals surface area contributed by atoms with Crippen molar-refractivity contribution in [1.29, 1.82) is 0 Å². The summed E-state index contributed by atoms with van der Waals surface area (Å²) >= 11 is 0. The van der Waals surface area contributed by atoms with E-state index in [1.54, 1.807) is 6.07 Å². The molecule has 0 spiro atoms. The summed E-state index contributed by atoms with van der Waals surface area (Å²) in [6, 6.07) is 8.40. The molecule has 0 saturated carbocycles. The molecule has 0 atom stereocenters. The number of aromatic nitrogens is 1. The molecule has 3 nitrogen and oxygen atoms in total. The molecule has 0 aliphatic carbocycles. The number of para-hydroxylation sites is 1. The molecule has 1 aromatic heterocycles. The fourth-order valence-electron chi connectivity index (χ4n) is 3.17. The van der Waals surface area contributed by atoms with E-state index in [0.717, 1.165) is 37.0 Å². The van der Waals surface area contributed by atoms with Crippen LogP contribution in [0.2, 0.25) is 0 Å². The number of hydrogen-bond donors (Lipinski definition) is 1. The Hall–Kier alpha value is -1.61. The van der Waals surface area contributed by atoms with E-state index in [9.17, 15) is 4.79 Å². The highest BCUT2D eigenvalue weighted by molar-refractivity contribution is 5.85. The molecule has 2 aromatic rings. The Labute approximate surface area is 113 Å². The van der Waals surface area contributed by atoms with Crippen LogP contribution in [0.25, 0.3) is 10.9 Å². The summed E-state index contributed by atoms with van der Waals surface area (Å²) in [6.45, 7) is 6.12. The van der Waals surface area contributed by atoms with Gasteiger partial charge in [0.15, 0.2) is 0 Å². The van der Waals surface area contributed by atoms with E-state index in [1.807, 2.05) is 11.5 Å². The Kier molecular flexibility index (Phi) is 3.15. The molecular formula is C16H20N2O. The Morgan fingerprint density at radius 2 is 1.89 bits per heavy atom. The Bertz CT molecular complexity index is 666. The molecule has 1 aliphatic heterocycles. The standard InChI is InChI=1S/C16H20N2O/c1-11-4-3-5-14-12(2)10-15(19)18(16(11)14)13-6-8-17-9-7-13/h3-5,10,13,17H,6-9H2,1-2H3. The number of pyridine rings is 1. The largest absolute Gasteiger partial charge is 0.317 e. The number of aryl methyl sites for hydroxylation is 2. The maximum absolute atomic E-state index is 12.4. The van der Waals surface area contributed by atoms with E-state index in [4.69, 9.17) is 0 Å². The Morgan fingerprint density at radius 1 is 1.16 bits per heavy atom. The van der Waals surface area contributed by atoms with Crippen molar-refractivity contribution in [2.24, 2.45) is 0 Å². The van der Waals surface area contributed by atoms with Crippen LogP contribution in [0.15, 0.2) is 29.1 Å². The van der Waals surface area contributed by atoms with E-state index in [1.165, 1.54) is 10.9 Å². The minimum atomic E-state index is 0.145. The first-order valence-corrected chi connectivity index (χ1v) is 7.00. The highest BCUT2D eigenvalue weighted by Crippen LogP contribution is 2.26. The fourth-order valence-corrected chi connectivity index (χ4v) is 3.17. The van der Waals surface area contributed by atoms with Gasteiger partial charge in [-0.1, -0.05) is 18.2 Å². The van der Waals surface area contributed by atoms with Crippen molar-refractivity contribution in [2.45, 2.75) is 32.7 Å². The first-order valence-electron chi connectivity index (χ1n) is 7.00. The summed E-state index contributed by atoms with van der Waals surface area (Å²) in [7, 11) is 0. The average Bonchev–Trinajstić information content (AvgIpc) is 2.41. The van der Waals surface area contributed by atoms with Gasteiger partial charge < -0.3 is 9.88 Å². The van der Waals surface area contributed by atoms with Gasteiger partial charge >= 0.3 is 0 Å². The third-order valence-corrected chi connectivity index (χ3v) is 4.15. The molecule has 1 N–H and O–H groups in total. The van der Waals surface area contributed by atoms with Gasteiger partial charge in [-0.15, -0.1) is 0 Å². The molecule has 1 fully saturated rings. The molecule has 1 saturated heterocycles. The number of nitrogens with zero attached hydrogens (tertiary/aromatic N) is 1. The maximum atomic E-state index is 12.4. The van der Waals surface area contributed by atoms with Crippen molar-refractivity contribution in [3.05, 3.63) is 45.7 Å². The van der Waals surface area contributed by atoms with Crippen molar-refractivity contribution in [1.82, 2.24) is 9.88 Å². The number of piperidine rings is 1. The minimum absolute atomic E-state index is 0.145. The topological polar surface area (TPSA) is 34.0 Å². The van der Waals surface area contributed by atoms with Crippen LogP contribution in [0.5, 0.6) is 0 Å². The lowest BCUT2D eigenvalue weighted by Crippen LogP contribution is -2.34. The molecule has 0 bridgehead atoms. The van der Waals surface area contributed by atoms with Crippen molar-refractivity contribution < 1.29 is 0 Å². The number of rotatable bonds is 1. The van der Waals surface area contributed by atoms with Crippen molar-refractivity contribution in [2.75, 3.05) is 13.1 Å². The summed E-state index contributed by atoms with van der Waals surface area (Å²) in [6.07, 6.45) is 2.07. The number of hydrogen-bond acceptors (Lipinski definition) is 2. The summed E-state index contributed by atoms with van der Waals surface area (Å²) in [4.78, 5) is 12.4. The molecule has 3 rings (SSSR count). The summed E-state index contributed by atoms with van der Waals surface area (Å²) in [5.41, 5.74) is 3.54. The van der Waals surface area contributed by atoms with E-state index >= 15 is 0 Å². The van der Waals surface area contributed by atoms with E-state index in [0.29, 0.717) is 6.04 Å². The lowest BCUT2D eigenvalue weighted by atomic mass is 10.0. The normalized spacial score (nSPS) is 16.9. The lowest BCUT2D eigenvalue weighted by molar-refractivity contribution is 0.369. The third kappa shape index (κ3) is 2.08. The highest BCUT2D eigenvalue weighted by atomic mass is 16.1. The van der Waals surface area contributed by atoms with Crippen LogP contribution in [0, 0.1) is 13.8 Å². The van der Waals surface area contributed by atoms with Gasteiger partial charge in [-0.2, -0.15) is 0 Å². The van der Waals surface area contributed by atoms with Gasteiger partial charge in [0.05, 0.1) is 5.52 Å². The van der Waals surface area contributed by atoms with Crippen molar-refractivity contribution in [3.8, 4) is 0 Å². The predicted molar refractivity (Wildman–Crippen MR) is 78.8 cm³/mol. The molecule has 1 aliphatic rings. The molecule has 0 amide bonds. The van der Waals surface area contributed by atoms with E-state index in [2.05, 4.69) is 30.4 Å². The highest BCUT2D eigenvalue weighted by Gasteiger charge is 2.19. The van der Waals surface area contributed by atoms with Crippen molar-refractivity contribution >= 4 is 10.9 Å². The second-order valence-electron chi connectivity index (χ2n) is 5.49. The zero-order valence-corrected chi connectivity index (χ0v) is 11.6. The maximum Gasteiger partial charge on any atom is 0.251 e. The number of nitrogens with one attached hydrogen (secondary N) is 1. The predicted octanol–water partition coefficient (Wildman–Crippen LogP) is 2.54. The van der Waals surface area contributed by atoms with Gasteiger partial charge in [0, 0.05) is 17.5 Å². The van der Waals surface area contributed by atoms with Crippen LogP contribution < -0.4 is 10.9 Å². The molecule has 0 unspecified atom stereocenters. The summed E-state index contributed by atoms with van der Waals surface area (Å²) < 4.78 is 2.03. The van der Waals surface area contributed by atoms with Crippen LogP contribution in [0.4, 0.5) is 0 Å². The third-order valence-electron chi connectivity index (χ3n) is 4.15. The SMILES string of the molecule is Cc1cc(=O)n(C2CCNCC2)c2c(C)cccc12. The Morgan fingerprint density at radius 3 is 2.63 bits per heavy atom. The molecule has 2 heterocycles. The average molecular weight is 256 g/mol. The number of fused-ring (bicyclic) bond motifs is 1. The second kappa shape index (κ2) is 4.82. The smallest absolute Gasteiger partial charge is 0.251 e. The van der Waals surface area contributed by atoms with Gasteiger partial charge in [-0.3, -0.25) is 4.79 Å². The van der Waals surface area contributed by atoms with E-state index in [-0.39, 0.29) is 5.56 Å². The van der Waals surface area contributed by atoms with Gasteiger partial charge in [0.25, 0.3) is 5.56 Å². The Balaban J connectivity index is 2.30. The first-order chi connectivity index (χ1) is 9.18. The van der Waals surface area contributed by atoms with Crippen LogP contribution >= 0.6 is 0 Å². The molecular weight excluding hydrogens is 236 g/mol. The van der Waals surface area contributed by atoms with Gasteiger partial charge in [-0.05, 0) is 50.9 Å².